The molecule has 0 fully saturated rings. The molecule has 2 heterocycles. The molecule has 2 aromatic rings. The number of alkyl halides is 3. The highest BCUT2D eigenvalue weighted by atomic mass is 19.4. The van der Waals surface area contributed by atoms with Crippen LogP contribution >= 0.6 is 0 Å². The van der Waals surface area contributed by atoms with Gasteiger partial charge in [0.25, 0.3) is 5.91 Å². The fraction of sp³-hybridized carbons (Fsp3) is 0.250. The Hall–Kier alpha value is -3.36. The van der Waals surface area contributed by atoms with E-state index in [1.165, 1.54) is 30.5 Å². The minimum atomic E-state index is -4.74. The van der Waals surface area contributed by atoms with E-state index in [2.05, 4.69) is 10.1 Å². The van der Waals surface area contributed by atoms with Crippen LogP contribution in [0.5, 0.6) is 11.5 Å². The van der Waals surface area contributed by atoms with Gasteiger partial charge >= 0.3 is 6.36 Å². The van der Waals surface area contributed by atoms with Crippen LogP contribution in [0, 0.1) is 0 Å². The molecule has 2 aliphatic heterocycles. The molecule has 1 atom stereocenters. The molecule has 4 rings (SSSR count). The van der Waals surface area contributed by atoms with Gasteiger partial charge in [0, 0.05) is 6.20 Å². The molecule has 0 aromatic heterocycles. The molecule has 0 saturated heterocycles. The minimum Gasteiger partial charge on any atom is -0.491 e. The number of carbonyl (C=O) groups excluding carboxylic acids is 1. The summed E-state index contributed by atoms with van der Waals surface area (Å²) in [6, 6.07) is 10.6. The molecule has 0 aliphatic carbocycles. The predicted molar refractivity (Wildman–Crippen MR) is 97.1 cm³/mol. The third-order valence-corrected chi connectivity index (χ3v) is 4.52. The summed E-state index contributed by atoms with van der Waals surface area (Å²) in [5.41, 5.74) is 1.72. The van der Waals surface area contributed by atoms with Crippen molar-refractivity contribution in [3.8, 4) is 22.6 Å². The number of nitrogens with one attached hydrogen (secondary N) is 1. The molecular formula is C20H17F3N2O4. The van der Waals surface area contributed by atoms with Crippen molar-refractivity contribution in [2.45, 2.75) is 12.6 Å². The van der Waals surface area contributed by atoms with Crippen LogP contribution in [0.2, 0.25) is 0 Å². The summed E-state index contributed by atoms with van der Waals surface area (Å²) in [4.78, 5) is 14.7. The second-order valence-corrected chi connectivity index (χ2v) is 6.48. The van der Waals surface area contributed by atoms with Gasteiger partial charge in [0.2, 0.25) is 0 Å². The number of rotatable bonds is 4. The summed E-state index contributed by atoms with van der Waals surface area (Å²) in [7, 11) is 0. The maximum Gasteiger partial charge on any atom is 0.573 e. The van der Waals surface area contributed by atoms with Crippen molar-refractivity contribution in [3.05, 3.63) is 60.5 Å². The van der Waals surface area contributed by atoms with Gasteiger partial charge in [0.15, 0.2) is 6.23 Å². The first-order valence-electron chi connectivity index (χ1n) is 8.88. The standard InChI is InChI=1S/C20H17F3N2O4/c21-20(22,23)29-15-4-1-13(2-5-15)14-3-6-17-16(11-14)19(26)25(8-10-27-17)12-18-24-7-9-28-18/h1-7,9,11,18,24H,8,10,12H2. The van der Waals surface area contributed by atoms with Crippen LogP contribution in [0.15, 0.2) is 54.9 Å². The Bertz CT molecular complexity index is 920. The van der Waals surface area contributed by atoms with Crippen molar-refractivity contribution in [3.63, 3.8) is 0 Å². The van der Waals surface area contributed by atoms with Crippen LogP contribution in [-0.4, -0.2) is 43.1 Å². The van der Waals surface area contributed by atoms with Gasteiger partial charge in [-0.3, -0.25) is 4.79 Å². The van der Waals surface area contributed by atoms with E-state index in [4.69, 9.17) is 9.47 Å². The Balaban J connectivity index is 1.56. The quantitative estimate of drug-likeness (QED) is 0.842. The summed E-state index contributed by atoms with van der Waals surface area (Å²) < 4.78 is 51.9. The lowest BCUT2D eigenvalue weighted by Gasteiger charge is -2.23. The number of benzene rings is 2. The van der Waals surface area contributed by atoms with Crippen molar-refractivity contribution in [1.82, 2.24) is 10.2 Å². The Morgan fingerprint density at radius 1 is 1.14 bits per heavy atom. The topological polar surface area (TPSA) is 60.0 Å². The van der Waals surface area contributed by atoms with E-state index in [-0.39, 0.29) is 17.9 Å². The molecule has 152 valence electrons. The molecule has 0 radical (unpaired) electrons. The highest BCUT2D eigenvalue weighted by Gasteiger charge is 2.31. The fourth-order valence-corrected chi connectivity index (χ4v) is 3.18. The highest BCUT2D eigenvalue weighted by Crippen LogP contribution is 2.31. The summed E-state index contributed by atoms with van der Waals surface area (Å²) in [6.07, 6.45) is -1.86. The highest BCUT2D eigenvalue weighted by molar-refractivity contribution is 5.98. The van der Waals surface area contributed by atoms with E-state index < -0.39 is 6.36 Å². The van der Waals surface area contributed by atoms with E-state index in [0.717, 1.165) is 0 Å². The number of nitrogens with zero attached hydrogens (tertiary/aromatic N) is 1. The largest absolute Gasteiger partial charge is 0.573 e. The van der Waals surface area contributed by atoms with Crippen LogP contribution in [-0.2, 0) is 4.74 Å². The number of halogens is 3. The Morgan fingerprint density at radius 3 is 2.59 bits per heavy atom. The third-order valence-electron chi connectivity index (χ3n) is 4.52. The van der Waals surface area contributed by atoms with Crippen molar-refractivity contribution >= 4 is 5.91 Å². The zero-order valence-electron chi connectivity index (χ0n) is 15.1. The molecule has 1 N–H and O–H groups in total. The molecule has 1 unspecified atom stereocenters. The molecule has 2 aromatic carbocycles. The fourth-order valence-electron chi connectivity index (χ4n) is 3.18. The SMILES string of the molecule is O=C1c2cc(-c3ccc(OC(F)(F)F)cc3)ccc2OCCN1CC1NC=CO1. The summed E-state index contributed by atoms with van der Waals surface area (Å²) in [6.45, 7) is 1.11. The molecule has 1 amide bonds. The maximum absolute atomic E-state index is 13.0. The second kappa shape index (κ2) is 7.57. The molecule has 2 aliphatic rings. The van der Waals surface area contributed by atoms with Gasteiger partial charge in [0.1, 0.15) is 24.4 Å². The Labute approximate surface area is 164 Å². The zero-order valence-corrected chi connectivity index (χ0v) is 15.1. The number of ether oxygens (including phenoxy) is 3. The van der Waals surface area contributed by atoms with Gasteiger partial charge in [-0.2, -0.15) is 0 Å². The van der Waals surface area contributed by atoms with Crippen LogP contribution < -0.4 is 14.8 Å². The van der Waals surface area contributed by atoms with Crippen molar-refractivity contribution in [1.29, 1.82) is 0 Å². The first kappa shape index (κ1) is 19.0. The van der Waals surface area contributed by atoms with Gasteiger partial charge in [-0.25, -0.2) is 0 Å². The molecule has 0 bridgehead atoms. The lowest BCUT2D eigenvalue weighted by atomic mass is 10.0. The third kappa shape index (κ3) is 4.39. The van der Waals surface area contributed by atoms with E-state index in [0.29, 0.717) is 42.1 Å². The van der Waals surface area contributed by atoms with Crippen molar-refractivity contribution in [2.75, 3.05) is 19.7 Å². The molecule has 0 spiro atoms. The van der Waals surface area contributed by atoms with E-state index in [1.54, 1.807) is 29.3 Å². The Kier molecular flexibility index (Phi) is 4.96. The average Bonchev–Trinajstić information content (AvgIpc) is 3.14. The summed E-state index contributed by atoms with van der Waals surface area (Å²) >= 11 is 0. The van der Waals surface area contributed by atoms with Gasteiger partial charge < -0.3 is 24.4 Å². The minimum absolute atomic E-state index is 0.200. The van der Waals surface area contributed by atoms with E-state index in [9.17, 15) is 18.0 Å². The molecule has 29 heavy (non-hydrogen) atoms. The monoisotopic (exact) mass is 406 g/mol. The molecular weight excluding hydrogens is 389 g/mol. The first-order chi connectivity index (χ1) is 13.9. The predicted octanol–water partition coefficient (Wildman–Crippen LogP) is 3.50. The Morgan fingerprint density at radius 2 is 1.90 bits per heavy atom. The molecule has 9 heteroatoms. The maximum atomic E-state index is 13.0. The smallest absolute Gasteiger partial charge is 0.491 e. The summed E-state index contributed by atoms with van der Waals surface area (Å²) in [5.74, 6) is -0.0374. The molecule has 6 nitrogen and oxygen atoms in total. The number of hydrogen-bond acceptors (Lipinski definition) is 5. The molecule has 0 saturated carbocycles. The second-order valence-electron chi connectivity index (χ2n) is 6.48. The number of fused-ring (bicyclic) bond motifs is 1. The van der Waals surface area contributed by atoms with Crippen LogP contribution in [0.1, 0.15) is 10.4 Å². The van der Waals surface area contributed by atoms with Gasteiger partial charge in [-0.1, -0.05) is 18.2 Å². The van der Waals surface area contributed by atoms with Gasteiger partial charge in [0.05, 0.1) is 18.7 Å². The van der Waals surface area contributed by atoms with Gasteiger partial charge in [-0.05, 0) is 35.4 Å². The first-order valence-corrected chi connectivity index (χ1v) is 8.88. The van der Waals surface area contributed by atoms with Crippen molar-refractivity contribution < 1.29 is 32.2 Å². The number of carbonyl (C=O) groups is 1. The van der Waals surface area contributed by atoms with E-state index >= 15 is 0 Å². The average molecular weight is 406 g/mol. The number of hydrogen-bond donors (Lipinski definition) is 1. The lowest BCUT2D eigenvalue weighted by molar-refractivity contribution is -0.274. The van der Waals surface area contributed by atoms with Gasteiger partial charge in [-0.15, -0.1) is 13.2 Å². The van der Waals surface area contributed by atoms with Crippen LogP contribution in [0.3, 0.4) is 0 Å². The van der Waals surface area contributed by atoms with E-state index in [1.807, 2.05) is 0 Å². The van der Waals surface area contributed by atoms with Crippen molar-refractivity contribution in [2.24, 2.45) is 0 Å². The zero-order chi connectivity index (χ0) is 20.4. The van der Waals surface area contributed by atoms with Crippen LogP contribution in [0.4, 0.5) is 13.2 Å². The summed E-state index contributed by atoms with van der Waals surface area (Å²) in [5, 5.41) is 3.00. The normalized spacial score (nSPS) is 18.4. The van der Waals surface area contributed by atoms with Crippen LogP contribution in [0.25, 0.3) is 11.1 Å². The lowest BCUT2D eigenvalue weighted by Crippen LogP contribution is -2.42. The number of amides is 1.